The van der Waals surface area contributed by atoms with Gasteiger partial charge in [-0.05, 0) is 18.1 Å². The molecule has 0 spiro atoms. The summed E-state index contributed by atoms with van der Waals surface area (Å²) in [6.45, 7) is 1.96. The van der Waals surface area contributed by atoms with Gasteiger partial charge in [-0.25, -0.2) is 8.78 Å². The van der Waals surface area contributed by atoms with E-state index in [1.807, 2.05) is 61.5 Å². The second-order valence-corrected chi connectivity index (χ2v) is 5.63. The van der Waals surface area contributed by atoms with E-state index >= 15 is 0 Å². The van der Waals surface area contributed by atoms with Crippen LogP contribution in [0.2, 0.25) is 0 Å². The van der Waals surface area contributed by atoms with Crippen molar-refractivity contribution in [2.75, 3.05) is 0 Å². The van der Waals surface area contributed by atoms with Crippen LogP contribution in [0.1, 0.15) is 29.5 Å². The average Bonchev–Trinajstić information content (AvgIpc) is 2.93. The summed E-state index contributed by atoms with van der Waals surface area (Å²) in [6.07, 6.45) is -2.47. The molecule has 2 aromatic rings. The van der Waals surface area contributed by atoms with Gasteiger partial charge >= 0.3 is 0 Å². The fraction of sp³-hybridized carbons (Fsp3) is 0.278. The lowest BCUT2D eigenvalue weighted by Gasteiger charge is -2.27. The van der Waals surface area contributed by atoms with E-state index in [9.17, 15) is 8.78 Å². The number of rotatable bonds is 4. The van der Waals surface area contributed by atoms with Crippen LogP contribution >= 0.6 is 0 Å². The van der Waals surface area contributed by atoms with Crippen LogP contribution in [0.25, 0.3) is 0 Å². The van der Waals surface area contributed by atoms with Crippen molar-refractivity contribution in [3.8, 4) is 0 Å². The molecular formula is C18H17F2NO. The molecule has 1 atom stereocenters. The minimum atomic E-state index is -2.45. The maximum atomic E-state index is 13.1. The van der Waals surface area contributed by atoms with Crippen LogP contribution in [0, 0.1) is 6.92 Å². The van der Waals surface area contributed by atoms with Gasteiger partial charge in [-0.2, -0.15) is 0 Å². The van der Waals surface area contributed by atoms with Crippen molar-refractivity contribution in [1.29, 1.82) is 0 Å². The highest BCUT2D eigenvalue weighted by atomic mass is 19.3. The van der Waals surface area contributed by atoms with Gasteiger partial charge in [-0.3, -0.25) is 0 Å². The third kappa shape index (κ3) is 2.86. The third-order valence-electron chi connectivity index (χ3n) is 3.95. The Balaban J connectivity index is 1.92. The lowest BCUT2D eigenvalue weighted by Crippen LogP contribution is -2.29. The van der Waals surface area contributed by atoms with Crippen molar-refractivity contribution in [1.82, 2.24) is 0 Å². The zero-order valence-electron chi connectivity index (χ0n) is 12.3. The largest absolute Gasteiger partial charge is 0.383 e. The van der Waals surface area contributed by atoms with Gasteiger partial charge in [0.2, 0.25) is 6.43 Å². The number of hydrogen-bond acceptors (Lipinski definition) is 2. The van der Waals surface area contributed by atoms with E-state index in [0.29, 0.717) is 12.1 Å². The highest BCUT2D eigenvalue weighted by Crippen LogP contribution is 2.41. The quantitative estimate of drug-likeness (QED) is 0.804. The first-order chi connectivity index (χ1) is 10.6. The molecule has 2 nitrogen and oxygen atoms in total. The zero-order valence-corrected chi connectivity index (χ0v) is 12.3. The first-order valence-electron chi connectivity index (χ1n) is 7.25. The monoisotopic (exact) mass is 301 g/mol. The van der Waals surface area contributed by atoms with Crippen molar-refractivity contribution in [2.45, 2.75) is 31.8 Å². The van der Waals surface area contributed by atoms with Crippen LogP contribution < -0.4 is 0 Å². The molecule has 1 aliphatic heterocycles. The summed E-state index contributed by atoms with van der Waals surface area (Å²) < 4.78 is 26.2. The molecule has 0 bridgehead atoms. The summed E-state index contributed by atoms with van der Waals surface area (Å²) in [7, 11) is 0. The molecule has 1 unspecified atom stereocenters. The molecule has 0 aromatic heterocycles. The summed E-state index contributed by atoms with van der Waals surface area (Å²) in [6, 6.07) is 17.0. The van der Waals surface area contributed by atoms with Crippen molar-refractivity contribution in [3.63, 3.8) is 0 Å². The van der Waals surface area contributed by atoms with E-state index in [1.165, 1.54) is 0 Å². The minimum Gasteiger partial charge on any atom is -0.383 e. The molecule has 0 saturated heterocycles. The molecule has 114 valence electrons. The standard InChI is InChI=1S/C18H17F2NO/c1-13-7-9-15(10-8-13)18(12-17(19)20)11-16(21-22-18)14-5-3-2-4-6-14/h2-10,17H,11-12H2,1H3. The fourth-order valence-corrected chi connectivity index (χ4v) is 2.75. The van der Waals surface area contributed by atoms with Gasteiger partial charge in [0, 0.05) is 6.42 Å². The van der Waals surface area contributed by atoms with Crippen LogP contribution in [0.15, 0.2) is 59.8 Å². The van der Waals surface area contributed by atoms with Crippen LogP contribution in [-0.4, -0.2) is 12.1 Å². The molecule has 1 heterocycles. The second-order valence-electron chi connectivity index (χ2n) is 5.63. The molecule has 2 aromatic carbocycles. The number of nitrogens with zero attached hydrogens (tertiary/aromatic N) is 1. The summed E-state index contributed by atoms with van der Waals surface area (Å²) in [5.41, 5.74) is 2.37. The number of halogens is 2. The molecule has 0 N–H and O–H groups in total. The Morgan fingerprint density at radius 3 is 2.41 bits per heavy atom. The lowest BCUT2D eigenvalue weighted by atomic mass is 9.84. The van der Waals surface area contributed by atoms with Gasteiger partial charge < -0.3 is 4.84 Å². The topological polar surface area (TPSA) is 21.6 Å². The van der Waals surface area contributed by atoms with Gasteiger partial charge in [-0.15, -0.1) is 0 Å². The highest BCUT2D eigenvalue weighted by molar-refractivity contribution is 6.01. The Kier molecular flexibility index (Phi) is 3.92. The molecule has 0 fully saturated rings. The van der Waals surface area contributed by atoms with E-state index < -0.39 is 12.0 Å². The van der Waals surface area contributed by atoms with E-state index in [2.05, 4.69) is 5.16 Å². The molecule has 4 heteroatoms. The van der Waals surface area contributed by atoms with Crippen molar-refractivity contribution in [2.24, 2.45) is 5.16 Å². The third-order valence-corrected chi connectivity index (χ3v) is 3.95. The summed E-state index contributed by atoms with van der Waals surface area (Å²) in [5.74, 6) is 0. The minimum absolute atomic E-state index is 0.352. The summed E-state index contributed by atoms with van der Waals surface area (Å²) in [5, 5.41) is 4.09. The van der Waals surface area contributed by atoms with Gasteiger partial charge in [0.15, 0.2) is 5.60 Å². The summed E-state index contributed by atoms with van der Waals surface area (Å²) >= 11 is 0. The molecule has 22 heavy (non-hydrogen) atoms. The van der Waals surface area contributed by atoms with E-state index in [1.54, 1.807) is 0 Å². The fourth-order valence-electron chi connectivity index (χ4n) is 2.75. The number of alkyl halides is 2. The Labute approximate surface area is 128 Å². The van der Waals surface area contributed by atoms with Crippen molar-refractivity contribution >= 4 is 5.71 Å². The normalized spacial score (nSPS) is 20.8. The molecule has 0 aliphatic carbocycles. The van der Waals surface area contributed by atoms with Gasteiger partial charge in [0.05, 0.1) is 12.1 Å². The molecule has 0 amide bonds. The number of benzene rings is 2. The van der Waals surface area contributed by atoms with Crippen LogP contribution in [-0.2, 0) is 10.4 Å². The van der Waals surface area contributed by atoms with Gasteiger partial charge in [0.1, 0.15) is 0 Å². The van der Waals surface area contributed by atoms with E-state index in [4.69, 9.17) is 4.84 Å². The predicted octanol–water partition coefficient (Wildman–Crippen LogP) is 4.67. The van der Waals surface area contributed by atoms with Gasteiger partial charge in [-0.1, -0.05) is 65.3 Å². The Morgan fingerprint density at radius 1 is 1.09 bits per heavy atom. The Hall–Kier alpha value is -2.23. The van der Waals surface area contributed by atoms with E-state index in [-0.39, 0.29) is 6.42 Å². The van der Waals surface area contributed by atoms with Crippen molar-refractivity contribution in [3.05, 3.63) is 71.3 Å². The van der Waals surface area contributed by atoms with Crippen LogP contribution in [0.5, 0.6) is 0 Å². The second kappa shape index (κ2) is 5.87. The Morgan fingerprint density at radius 2 is 1.77 bits per heavy atom. The van der Waals surface area contributed by atoms with Crippen LogP contribution in [0.3, 0.4) is 0 Å². The molecule has 3 rings (SSSR count). The molecule has 0 saturated carbocycles. The maximum Gasteiger partial charge on any atom is 0.242 e. The zero-order chi connectivity index (χ0) is 15.6. The average molecular weight is 301 g/mol. The number of oxime groups is 1. The number of hydrogen-bond donors (Lipinski definition) is 0. The first-order valence-corrected chi connectivity index (χ1v) is 7.25. The highest BCUT2D eigenvalue weighted by Gasteiger charge is 2.43. The molecular weight excluding hydrogens is 284 g/mol. The first kappa shape index (κ1) is 14.7. The summed E-state index contributed by atoms with van der Waals surface area (Å²) in [4.78, 5) is 5.55. The Bertz CT molecular complexity index is 667. The van der Waals surface area contributed by atoms with E-state index in [0.717, 1.165) is 16.7 Å². The molecule has 0 radical (unpaired) electrons. The van der Waals surface area contributed by atoms with Gasteiger partial charge in [0.25, 0.3) is 0 Å². The lowest BCUT2D eigenvalue weighted by molar-refractivity contribution is -0.0650. The number of aryl methyl sites for hydroxylation is 1. The van der Waals surface area contributed by atoms with Crippen molar-refractivity contribution < 1.29 is 13.6 Å². The smallest absolute Gasteiger partial charge is 0.242 e. The molecule has 1 aliphatic rings. The SMILES string of the molecule is Cc1ccc(C2(CC(F)F)CC(c3ccccc3)=NO2)cc1. The maximum absolute atomic E-state index is 13.1. The van der Waals surface area contributed by atoms with Crippen LogP contribution in [0.4, 0.5) is 8.78 Å². The predicted molar refractivity (Wildman–Crippen MR) is 82.2 cm³/mol.